The van der Waals surface area contributed by atoms with Crippen molar-refractivity contribution in [3.05, 3.63) is 17.5 Å². The normalized spacial score (nSPS) is 17.0. The molecule has 1 heterocycles. The van der Waals surface area contributed by atoms with Crippen LogP contribution < -0.4 is 5.73 Å². The average Bonchev–Trinajstić information content (AvgIpc) is 2.83. The number of nitrogens with two attached hydrogens (primary N) is 1. The van der Waals surface area contributed by atoms with Gasteiger partial charge in [-0.15, -0.1) is 0 Å². The zero-order valence-electron chi connectivity index (χ0n) is 8.41. The lowest BCUT2D eigenvalue weighted by atomic mass is 9.83. The van der Waals surface area contributed by atoms with E-state index in [1.807, 2.05) is 0 Å². The van der Waals surface area contributed by atoms with Gasteiger partial charge in [-0.05, 0) is 26.7 Å². The minimum atomic E-state index is -0.683. The summed E-state index contributed by atoms with van der Waals surface area (Å²) in [5.74, 6) is 0.947. The Kier molecular flexibility index (Phi) is 1.87. The molecular formula is C10H14N2O2. The molecule has 2 rings (SSSR count). The van der Waals surface area contributed by atoms with Gasteiger partial charge in [-0.3, -0.25) is 4.79 Å². The van der Waals surface area contributed by atoms with E-state index in [-0.39, 0.29) is 5.91 Å². The van der Waals surface area contributed by atoms with E-state index in [4.69, 9.17) is 10.3 Å². The van der Waals surface area contributed by atoms with E-state index in [1.165, 1.54) is 0 Å². The van der Waals surface area contributed by atoms with Crippen LogP contribution in [-0.4, -0.2) is 11.1 Å². The highest BCUT2D eigenvalue weighted by atomic mass is 16.5. The van der Waals surface area contributed by atoms with Crippen LogP contribution in [0.25, 0.3) is 0 Å². The Morgan fingerprint density at radius 2 is 2.29 bits per heavy atom. The Morgan fingerprint density at radius 1 is 1.64 bits per heavy atom. The molecule has 4 heteroatoms. The molecule has 1 saturated carbocycles. The zero-order chi connectivity index (χ0) is 10.3. The van der Waals surface area contributed by atoms with Gasteiger partial charge < -0.3 is 10.3 Å². The third-order valence-corrected chi connectivity index (χ3v) is 2.84. The van der Waals surface area contributed by atoms with Crippen LogP contribution in [0, 0.1) is 0 Å². The third-order valence-electron chi connectivity index (χ3n) is 2.84. The van der Waals surface area contributed by atoms with Crippen LogP contribution in [-0.2, 0) is 10.2 Å². The fourth-order valence-electron chi connectivity index (χ4n) is 1.49. The average molecular weight is 194 g/mol. The quantitative estimate of drug-likeness (QED) is 0.788. The molecule has 0 atom stereocenters. The highest BCUT2D eigenvalue weighted by Crippen LogP contribution is 2.44. The topological polar surface area (TPSA) is 69.1 Å². The summed E-state index contributed by atoms with van der Waals surface area (Å²) in [5, 5.41) is 3.75. The number of carbonyl (C=O) groups excluding carboxylic acids is 1. The summed E-state index contributed by atoms with van der Waals surface area (Å²) in [6, 6.07) is 0. The molecule has 0 radical (unpaired) electrons. The standard InChI is InChI=1S/C10H14N2O2/c1-10(2,9(11)13)7-5-12-14-8(7)6-3-4-6/h5-6H,3-4H2,1-2H3,(H2,11,13). The van der Waals surface area contributed by atoms with E-state index >= 15 is 0 Å². The Morgan fingerprint density at radius 3 is 2.79 bits per heavy atom. The summed E-state index contributed by atoms with van der Waals surface area (Å²) in [4.78, 5) is 11.3. The van der Waals surface area contributed by atoms with Gasteiger partial charge in [-0.1, -0.05) is 5.16 Å². The molecule has 2 N–H and O–H groups in total. The molecule has 1 amide bonds. The molecule has 1 fully saturated rings. The van der Waals surface area contributed by atoms with Gasteiger partial charge in [0.25, 0.3) is 0 Å². The summed E-state index contributed by atoms with van der Waals surface area (Å²) in [6.45, 7) is 3.60. The van der Waals surface area contributed by atoms with Crippen molar-refractivity contribution in [1.29, 1.82) is 0 Å². The van der Waals surface area contributed by atoms with Crippen molar-refractivity contribution in [2.24, 2.45) is 5.73 Å². The van der Waals surface area contributed by atoms with Crippen LogP contribution in [0.4, 0.5) is 0 Å². The summed E-state index contributed by atoms with van der Waals surface area (Å²) in [5.41, 5.74) is 5.50. The monoisotopic (exact) mass is 194 g/mol. The van der Waals surface area contributed by atoms with E-state index < -0.39 is 5.41 Å². The fraction of sp³-hybridized carbons (Fsp3) is 0.600. The second-order valence-electron chi connectivity index (χ2n) is 4.37. The summed E-state index contributed by atoms with van der Waals surface area (Å²) in [7, 11) is 0. The summed E-state index contributed by atoms with van der Waals surface area (Å²) < 4.78 is 5.17. The van der Waals surface area contributed by atoms with Crippen molar-refractivity contribution in [3.63, 3.8) is 0 Å². The first-order valence-electron chi connectivity index (χ1n) is 4.78. The molecule has 0 spiro atoms. The van der Waals surface area contributed by atoms with E-state index in [1.54, 1.807) is 20.0 Å². The molecule has 0 unspecified atom stereocenters. The van der Waals surface area contributed by atoms with E-state index in [0.29, 0.717) is 5.92 Å². The predicted molar refractivity (Wildman–Crippen MR) is 50.7 cm³/mol. The lowest BCUT2D eigenvalue weighted by Gasteiger charge is -2.19. The first kappa shape index (κ1) is 9.24. The Hall–Kier alpha value is -1.32. The molecule has 14 heavy (non-hydrogen) atoms. The third kappa shape index (κ3) is 1.31. The van der Waals surface area contributed by atoms with Crippen molar-refractivity contribution in [1.82, 2.24) is 5.16 Å². The molecule has 4 nitrogen and oxygen atoms in total. The number of carbonyl (C=O) groups is 1. The number of primary amides is 1. The lowest BCUT2D eigenvalue weighted by Crippen LogP contribution is -2.35. The SMILES string of the molecule is CC(C)(C(N)=O)c1cnoc1C1CC1. The highest BCUT2D eigenvalue weighted by Gasteiger charge is 2.38. The van der Waals surface area contributed by atoms with Gasteiger partial charge in [-0.2, -0.15) is 0 Å². The molecule has 0 saturated heterocycles. The molecule has 1 aromatic rings. The second kappa shape index (κ2) is 2.83. The van der Waals surface area contributed by atoms with Crippen molar-refractivity contribution in [2.75, 3.05) is 0 Å². The van der Waals surface area contributed by atoms with E-state index in [0.717, 1.165) is 24.2 Å². The summed E-state index contributed by atoms with van der Waals surface area (Å²) >= 11 is 0. The minimum absolute atomic E-state index is 0.345. The molecule has 0 bridgehead atoms. The van der Waals surface area contributed by atoms with Gasteiger partial charge in [0.15, 0.2) is 0 Å². The maximum Gasteiger partial charge on any atom is 0.227 e. The first-order chi connectivity index (χ1) is 6.53. The molecule has 1 aromatic heterocycles. The zero-order valence-corrected chi connectivity index (χ0v) is 8.41. The minimum Gasteiger partial charge on any atom is -0.369 e. The van der Waals surface area contributed by atoms with Crippen molar-refractivity contribution < 1.29 is 9.32 Å². The largest absolute Gasteiger partial charge is 0.369 e. The molecule has 0 aliphatic heterocycles. The molecule has 1 aliphatic rings. The van der Waals surface area contributed by atoms with Gasteiger partial charge in [-0.25, -0.2) is 0 Å². The van der Waals surface area contributed by atoms with Gasteiger partial charge in [0, 0.05) is 11.5 Å². The Labute approximate surface area is 82.4 Å². The second-order valence-corrected chi connectivity index (χ2v) is 4.37. The molecular weight excluding hydrogens is 180 g/mol. The van der Waals surface area contributed by atoms with Crippen LogP contribution in [0.1, 0.15) is 43.9 Å². The Bertz CT molecular complexity index is 364. The van der Waals surface area contributed by atoms with Crippen molar-refractivity contribution in [2.45, 2.75) is 38.0 Å². The van der Waals surface area contributed by atoms with Gasteiger partial charge in [0.05, 0.1) is 11.6 Å². The first-order valence-corrected chi connectivity index (χ1v) is 4.78. The molecule has 0 aromatic carbocycles. The number of aromatic nitrogens is 1. The maximum absolute atomic E-state index is 11.3. The fourth-order valence-corrected chi connectivity index (χ4v) is 1.49. The number of rotatable bonds is 3. The lowest BCUT2D eigenvalue weighted by molar-refractivity contribution is -0.122. The summed E-state index contributed by atoms with van der Waals surface area (Å²) in [6.07, 6.45) is 3.85. The predicted octanol–water partition coefficient (Wildman–Crippen LogP) is 1.31. The number of hydrogen-bond donors (Lipinski definition) is 1. The van der Waals surface area contributed by atoms with Crippen LogP contribution in [0.2, 0.25) is 0 Å². The van der Waals surface area contributed by atoms with Crippen LogP contribution in [0.15, 0.2) is 10.7 Å². The number of nitrogens with zero attached hydrogens (tertiary/aromatic N) is 1. The van der Waals surface area contributed by atoms with Crippen LogP contribution in [0.5, 0.6) is 0 Å². The highest BCUT2D eigenvalue weighted by molar-refractivity contribution is 5.85. The Balaban J connectivity index is 2.39. The maximum atomic E-state index is 11.3. The van der Waals surface area contributed by atoms with Crippen molar-refractivity contribution >= 4 is 5.91 Å². The van der Waals surface area contributed by atoms with E-state index in [9.17, 15) is 4.79 Å². The van der Waals surface area contributed by atoms with Gasteiger partial charge in [0.2, 0.25) is 5.91 Å². The van der Waals surface area contributed by atoms with Crippen LogP contribution >= 0.6 is 0 Å². The van der Waals surface area contributed by atoms with Crippen LogP contribution in [0.3, 0.4) is 0 Å². The van der Waals surface area contributed by atoms with Crippen molar-refractivity contribution in [3.8, 4) is 0 Å². The molecule has 1 aliphatic carbocycles. The number of hydrogen-bond acceptors (Lipinski definition) is 3. The smallest absolute Gasteiger partial charge is 0.227 e. The van der Waals surface area contributed by atoms with Gasteiger partial charge >= 0.3 is 0 Å². The molecule has 76 valence electrons. The van der Waals surface area contributed by atoms with Gasteiger partial charge in [0.1, 0.15) is 5.76 Å². The van der Waals surface area contributed by atoms with E-state index in [2.05, 4.69) is 5.16 Å². The number of amides is 1.